The average Bonchev–Trinajstić information content (AvgIpc) is 2.47. The molecule has 1 heterocycles. The Bertz CT molecular complexity index is 688. The third-order valence-electron chi connectivity index (χ3n) is 3.06. The molecular formula is C14H16N2O4S. The number of hydrogen-bond donors (Lipinski definition) is 3. The van der Waals surface area contributed by atoms with E-state index in [0.717, 1.165) is 6.42 Å². The largest absolute Gasteiger partial charge is 0.384 e. The van der Waals surface area contributed by atoms with Gasteiger partial charge < -0.3 is 10.4 Å². The van der Waals surface area contributed by atoms with Gasteiger partial charge in [-0.1, -0.05) is 24.0 Å². The van der Waals surface area contributed by atoms with Crippen molar-refractivity contribution in [1.29, 1.82) is 0 Å². The topological polar surface area (TPSA) is 95.5 Å². The van der Waals surface area contributed by atoms with Crippen molar-refractivity contribution in [2.45, 2.75) is 23.8 Å². The molecule has 1 fully saturated rings. The summed E-state index contributed by atoms with van der Waals surface area (Å²) in [5.74, 6) is 4.71. The lowest BCUT2D eigenvalue weighted by atomic mass is 10.1. The highest BCUT2D eigenvalue weighted by molar-refractivity contribution is 7.89. The minimum atomic E-state index is -3.85. The van der Waals surface area contributed by atoms with E-state index in [1.54, 1.807) is 18.2 Å². The van der Waals surface area contributed by atoms with Gasteiger partial charge >= 0.3 is 0 Å². The van der Waals surface area contributed by atoms with Crippen molar-refractivity contribution in [2.75, 3.05) is 13.2 Å². The predicted molar refractivity (Wildman–Crippen MR) is 76.8 cm³/mol. The molecule has 112 valence electrons. The highest BCUT2D eigenvalue weighted by atomic mass is 32.2. The van der Waals surface area contributed by atoms with Crippen LogP contribution in [0.1, 0.15) is 18.4 Å². The van der Waals surface area contributed by atoms with E-state index in [4.69, 9.17) is 5.11 Å². The maximum Gasteiger partial charge on any atom is 0.242 e. The van der Waals surface area contributed by atoms with Gasteiger partial charge in [0, 0.05) is 12.1 Å². The van der Waals surface area contributed by atoms with E-state index in [9.17, 15) is 13.2 Å². The Morgan fingerprint density at radius 1 is 1.38 bits per heavy atom. The molecule has 21 heavy (non-hydrogen) atoms. The molecule has 1 aromatic rings. The summed E-state index contributed by atoms with van der Waals surface area (Å²) in [6.07, 6.45) is 1.19. The van der Waals surface area contributed by atoms with Crippen LogP contribution in [0.2, 0.25) is 0 Å². The van der Waals surface area contributed by atoms with Crippen molar-refractivity contribution in [3.05, 3.63) is 29.8 Å². The Morgan fingerprint density at radius 2 is 2.14 bits per heavy atom. The number of carbonyl (C=O) groups is 1. The SMILES string of the molecule is O=C1NCCCC1NS(=O)(=O)c1ccccc1C#CCO. The molecule has 6 nitrogen and oxygen atoms in total. The van der Waals surface area contributed by atoms with Crippen LogP contribution in [0.4, 0.5) is 0 Å². The van der Waals surface area contributed by atoms with Crippen LogP contribution < -0.4 is 10.0 Å². The van der Waals surface area contributed by atoms with E-state index in [1.165, 1.54) is 6.07 Å². The molecule has 2 rings (SSSR count). The first kappa shape index (κ1) is 15.5. The Hall–Kier alpha value is -1.88. The molecule has 0 spiro atoms. The summed E-state index contributed by atoms with van der Waals surface area (Å²) >= 11 is 0. The van der Waals surface area contributed by atoms with Gasteiger partial charge in [0.25, 0.3) is 0 Å². The molecule has 1 amide bonds. The number of sulfonamides is 1. The highest BCUT2D eigenvalue weighted by Gasteiger charge is 2.28. The minimum absolute atomic E-state index is 0.00400. The first-order chi connectivity index (χ1) is 10.0. The lowest BCUT2D eigenvalue weighted by Crippen LogP contribution is -2.50. The number of aliphatic hydroxyl groups is 1. The maximum atomic E-state index is 12.4. The molecule has 1 aromatic carbocycles. The molecule has 1 saturated heterocycles. The number of nitrogens with one attached hydrogen (secondary N) is 2. The van der Waals surface area contributed by atoms with Gasteiger partial charge in [0.15, 0.2) is 0 Å². The van der Waals surface area contributed by atoms with Crippen LogP contribution in [0.15, 0.2) is 29.2 Å². The second kappa shape index (κ2) is 6.72. The number of hydrogen-bond acceptors (Lipinski definition) is 4. The van der Waals surface area contributed by atoms with E-state index in [1.807, 2.05) is 0 Å². The standard InChI is InChI=1S/C14H16N2O4S/c17-10-4-6-11-5-1-2-8-13(11)21(19,20)16-12-7-3-9-15-14(12)18/h1-2,5,8,12,16-17H,3,7,9-10H2,(H,15,18). The van der Waals surface area contributed by atoms with E-state index in [0.29, 0.717) is 13.0 Å². The van der Waals surface area contributed by atoms with Gasteiger partial charge in [0.2, 0.25) is 15.9 Å². The highest BCUT2D eigenvalue weighted by Crippen LogP contribution is 2.16. The molecule has 0 aliphatic carbocycles. The molecule has 0 bridgehead atoms. The Kier molecular flexibility index (Phi) is 4.96. The number of benzene rings is 1. The Morgan fingerprint density at radius 3 is 2.86 bits per heavy atom. The van der Waals surface area contributed by atoms with E-state index >= 15 is 0 Å². The van der Waals surface area contributed by atoms with E-state index in [2.05, 4.69) is 21.9 Å². The number of carbonyl (C=O) groups excluding carboxylic acids is 1. The van der Waals surface area contributed by atoms with E-state index in [-0.39, 0.29) is 23.0 Å². The number of rotatable bonds is 3. The van der Waals surface area contributed by atoms with Gasteiger partial charge in [0.05, 0.1) is 4.90 Å². The molecule has 1 atom stereocenters. The smallest absolute Gasteiger partial charge is 0.242 e. The molecule has 1 aliphatic heterocycles. The maximum absolute atomic E-state index is 12.4. The molecule has 0 saturated carbocycles. The van der Waals surface area contributed by atoms with Gasteiger partial charge in [-0.25, -0.2) is 8.42 Å². The monoisotopic (exact) mass is 308 g/mol. The van der Waals surface area contributed by atoms with Crippen LogP contribution in [-0.4, -0.2) is 38.6 Å². The van der Waals surface area contributed by atoms with Gasteiger partial charge in [-0.3, -0.25) is 4.79 Å². The summed E-state index contributed by atoms with van der Waals surface area (Å²) in [4.78, 5) is 11.7. The van der Waals surface area contributed by atoms with Gasteiger partial charge in [0.1, 0.15) is 12.6 Å². The van der Waals surface area contributed by atoms with Crippen molar-refractivity contribution < 1.29 is 18.3 Å². The van der Waals surface area contributed by atoms with Gasteiger partial charge in [-0.05, 0) is 25.0 Å². The Balaban J connectivity index is 2.29. The number of aliphatic hydroxyl groups excluding tert-OH is 1. The number of amides is 1. The van der Waals surface area contributed by atoms with Crippen LogP contribution in [0.25, 0.3) is 0 Å². The zero-order valence-corrected chi connectivity index (χ0v) is 12.1. The van der Waals surface area contributed by atoms with Crippen LogP contribution >= 0.6 is 0 Å². The second-order valence-corrected chi connectivity index (χ2v) is 6.25. The molecule has 0 radical (unpaired) electrons. The summed E-state index contributed by atoms with van der Waals surface area (Å²) in [7, 11) is -3.85. The van der Waals surface area contributed by atoms with Gasteiger partial charge in [-0.15, -0.1) is 0 Å². The van der Waals surface area contributed by atoms with Crippen molar-refractivity contribution in [3.8, 4) is 11.8 Å². The van der Waals surface area contributed by atoms with Crippen molar-refractivity contribution >= 4 is 15.9 Å². The molecule has 1 aliphatic rings. The zero-order valence-electron chi connectivity index (χ0n) is 11.3. The first-order valence-corrected chi connectivity index (χ1v) is 8.02. The third-order valence-corrected chi connectivity index (χ3v) is 4.59. The fraction of sp³-hybridized carbons (Fsp3) is 0.357. The van der Waals surface area contributed by atoms with Crippen LogP contribution in [0.3, 0.4) is 0 Å². The van der Waals surface area contributed by atoms with Crippen LogP contribution in [0, 0.1) is 11.8 Å². The predicted octanol–water partition coefficient (Wildman–Crippen LogP) is -0.413. The van der Waals surface area contributed by atoms with Crippen molar-refractivity contribution in [1.82, 2.24) is 10.0 Å². The molecular weight excluding hydrogens is 292 g/mol. The molecule has 3 N–H and O–H groups in total. The summed E-state index contributed by atoms with van der Waals surface area (Å²) in [6, 6.07) is 5.46. The fourth-order valence-electron chi connectivity index (χ4n) is 2.07. The normalized spacial score (nSPS) is 18.5. The first-order valence-electron chi connectivity index (χ1n) is 6.53. The summed E-state index contributed by atoms with van der Waals surface area (Å²) < 4.78 is 27.2. The molecule has 7 heteroatoms. The summed E-state index contributed by atoms with van der Waals surface area (Å²) in [6.45, 7) is 0.211. The van der Waals surface area contributed by atoms with Crippen LogP contribution in [0.5, 0.6) is 0 Å². The summed E-state index contributed by atoms with van der Waals surface area (Å²) in [5.41, 5.74) is 0.287. The van der Waals surface area contributed by atoms with Crippen molar-refractivity contribution in [2.24, 2.45) is 0 Å². The van der Waals surface area contributed by atoms with Crippen molar-refractivity contribution in [3.63, 3.8) is 0 Å². The van der Waals surface area contributed by atoms with Crippen LogP contribution in [-0.2, 0) is 14.8 Å². The van der Waals surface area contributed by atoms with E-state index < -0.39 is 16.1 Å². The second-order valence-electron chi connectivity index (χ2n) is 4.56. The zero-order chi connectivity index (χ0) is 15.3. The van der Waals surface area contributed by atoms with Gasteiger partial charge in [-0.2, -0.15) is 4.72 Å². The lowest BCUT2D eigenvalue weighted by Gasteiger charge is -2.22. The summed E-state index contributed by atoms with van der Waals surface area (Å²) in [5, 5.41) is 11.4. The fourth-order valence-corrected chi connectivity index (χ4v) is 3.47. The Labute approximate surface area is 123 Å². The average molecular weight is 308 g/mol. The quantitative estimate of drug-likeness (QED) is 0.661. The lowest BCUT2D eigenvalue weighted by molar-refractivity contribution is -0.124. The minimum Gasteiger partial charge on any atom is -0.384 e. The number of piperidine rings is 1. The molecule has 0 aromatic heterocycles. The third kappa shape index (κ3) is 3.82. The molecule has 1 unspecified atom stereocenters.